The smallest absolute Gasteiger partial charge is 0.118 e. The molecule has 0 unspecified atom stereocenters. The number of aromatic hydroxyl groups is 1. The Hall–Kier alpha value is -0.830. The van der Waals surface area contributed by atoms with E-state index in [0.717, 1.165) is 4.90 Å². The molecule has 0 fully saturated rings. The van der Waals surface area contributed by atoms with Crippen molar-refractivity contribution in [2.75, 3.05) is 12.0 Å². The standard InChI is InChI=1S/C7H9NOS/c1-10-7-3-5(8)2-6(9)4-7/h2-4,9H,8H2,1H3. The molecule has 0 bridgehead atoms. The van der Waals surface area contributed by atoms with Gasteiger partial charge >= 0.3 is 0 Å². The summed E-state index contributed by atoms with van der Waals surface area (Å²) in [5.41, 5.74) is 6.06. The van der Waals surface area contributed by atoms with Crippen LogP contribution in [0.2, 0.25) is 0 Å². The fourth-order valence-corrected chi connectivity index (χ4v) is 1.22. The molecule has 0 heterocycles. The Bertz CT molecular complexity index is 217. The largest absolute Gasteiger partial charge is 0.508 e. The molecule has 0 aromatic heterocycles. The second-order valence-corrected chi connectivity index (χ2v) is 2.84. The lowest BCUT2D eigenvalue weighted by molar-refractivity contribution is 0.474. The first-order valence-electron chi connectivity index (χ1n) is 2.86. The first kappa shape index (κ1) is 7.28. The van der Waals surface area contributed by atoms with Gasteiger partial charge in [-0.25, -0.2) is 0 Å². The van der Waals surface area contributed by atoms with Gasteiger partial charge in [0.15, 0.2) is 0 Å². The summed E-state index contributed by atoms with van der Waals surface area (Å²) in [6, 6.07) is 5.03. The summed E-state index contributed by atoms with van der Waals surface area (Å²) >= 11 is 1.56. The number of hydrogen-bond donors (Lipinski definition) is 2. The molecule has 0 saturated heterocycles. The van der Waals surface area contributed by atoms with E-state index in [1.807, 2.05) is 12.3 Å². The molecular weight excluding hydrogens is 146 g/mol. The van der Waals surface area contributed by atoms with Crippen LogP contribution in [0.4, 0.5) is 5.69 Å². The summed E-state index contributed by atoms with van der Waals surface area (Å²) in [5.74, 6) is 0.226. The van der Waals surface area contributed by atoms with Crippen LogP contribution in [0, 0.1) is 0 Å². The lowest BCUT2D eigenvalue weighted by atomic mass is 10.3. The normalized spacial score (nSPS) is 9.70. The maximum Gasteiger partial charge on any atom is 0.118 e. The van der Waals surface area contributed by atoms with Crippen LogP contribution in [0.15, 0.2) is 23.1 Å². The third kappa shape index (κ3) is 1.57. The first-order chi connectivity index (χ1) is 4.72. The predicted molar refractivity (Wildman–Crippen MR) is 44.3 cm³/mol. The second-order valence-electron chi connectivity index (χ2n) is 1.96. The van der Waals surface area contributed by atoms with Crippen molar-refractivity contribution >= 4 is 17.4 Å². The van der Waals surface area contributed by atoms with Gasteiger partial charge in [0, 0.05) is 16.6 Å². The molecule has 0 atom stereocenters. The van der Waals surface area contributed by atoms with E-state index in [9.17, 15) is 0 Å². The van der Waals surface area contributed by atoms with Crippen molar-refractivity contribution in [2.24, 2.45) is 0 Å². The predicted octanol–water partition coefficient (Wildman–Crippen LogP) is 1.70. The fourth-order valence-electron chi connectivity index (χ4n) is 0.724. The lowest BCUT2D eigenvalue weighted by Gasteiger charge is -1.98. The number of nitrogen functional groups attached to an aromatic ring is 1. The Balaban J connectivity index is 3.06. The van der Waals surface area contributed by atoms with Crippen molar-refractivity contribution in [1.29, 1.82) is 0 Å². The van der Waals surface area contributed by atoms with E-state index in [1.165, 1.54) is 6.07 Å². The van der Waals surface area contributed by atoms with E-state index < -0.39 is 0 Å². The van der Waals surface area contributed by atoms with E-state index in [0.29, 0.717) is 5.69 Å². The van der Waals surface area contributed by atoms with Gasteiger partial charge in [-0.05, 0) is 18.4 Å². The molecule has 3 heteroatoms. The summed E-state index contributed by atoms with van der Waals surface area (Å²) in [7, 11) is 0. The molecule has 1 aromatic rings. The maximum atomic E-state index is 9.03. The summed E-state index contributed by atoms with van der Waals surface area (Å²) in [5, 5.41) is 9.03. The highest BCUT2D eigenvalue weighted by molar-refractivity contribution is 7.98. The average molecular weight is 155 g/mol. The average Bonchev–Trinajstić information content (AvgIpc) is 1.85. The highest BCUT2D eigenvalue weighted by Crippen LogP contribution is 2.23. The Labute approximate surface area is 64.1 Å². The molecule has 1 rings (SSSR count). The number of phenolic OH excluding ortho intramolecular Hbond substituents is 1. The van der Waals surface area contributed by atoms with Crippen molar-refractivity contribution in [2.45, 2.75) is 4.90 Å². The van der Waals surface area contributed by atoms with Crippen molar-refractivity contribution in [1.82, 2.24) is 0 Å². The molecule has 1 aromatic carbocycles. The van der Waals surface area contributed by atoms with Gasteiger partial charge in [0.2, 0.25) is 0 Å². The van der Waals surface area contributed by atoms with Crippen LogP contribution in [0.25, 0.3) is 0 Å². The monoisotopic (exact) mass is 155 g/mol. The van der Waals surface area contributed by atoms with Gasteiger partial charge in [-0.2, -0.15) is 0 Å². The van der Waals surface area contributed by atoms with Crippen LogP contribution < -0.4 is 5.73 Å². The van der Waals surface area contributed by atoms with Gasteiger partial charge in [0.1, 0.15) is 5.75 Å². The Kier molecular flexibility index (Phi) is 2.06. The molecule has 10 heavy (non-hydrogen) atoms. The molecule has 0 aliphatic rings. The topological polar surface area (TPSA) is 46.2 Å². The number of rotatable bonds is 1. The minimum absolute atomic E-state index is 0.226. The SMILES string of the molecule is CSc1cc(N)cc(O)c1. The van der Waals surface area contributed by atoms with Crippen LogP contribution in [0.5, 0.6) is 5.75 Å². The van der Waals surface area contributed by atoms with Gasteiger partial charge in [-0.1, -0.05) is 0 Å². The van der Waals surface area contributed by atoms with Crippen LogP contribution >= 0.6 is 11.8 Å². The molecule has 0 aliphatic heterocycles. The van der Waals surface area contributed by atoms with Gasteiger partial charge in [0.25, 0.3) is 0 Å². The van der Waals surface area contributed by atoms with Crippen molar-refractivity contribution < 1.29 is 5.11 Å². The third-order valence-corrected chi connectivity index (χ3v) is 1.86. The number of benzene rings is 1. The minimum atomic E-state index is 0.226. The Morgan fingerprint density at radius 1 is 1.40 bits per heavy atom. The maximum absolute atomic E-state index is 9.03. The molecule has 0 aliphatic carbocycles. The van der Waals surface area contributed by atoms with Crippen molar-refractivity contribution in [3.63, 3.8) is 0 Å². The molecule has 2 nitrogen and oxygen atoms in total. The lowest BCUT2D eigenvalue weighted by Crippen LogP contribution is -1.83. The molecule has 0 radical (unpaired) electrons. The molecule has 0 saturated carbocycles. The zero-order valence-electron chi connectivity index (χ0n) is 5.66. The van der Waals surface area contributed by atoms with Crippen LogP contribution in [0.1, 0.15) is 0 Å². The van der Waals surface area contributed by atoms with Crippen LogP contribution in [0.3, 0.4) is 0 Å². The molecule has 3 N–H and O–H groups in total. The van der Waals surface area contributed by atoms with E-state index >= 15 is 0 Å². The van der Waals surface area contributed by atoms with Crippen LogP contribution in [-0.4, -0.2) is 11.4 Å². The van der Waals surface area contributed by atoms with Crippen molar-refractivity contribution in [3.05, 3.63) is 18.2 Å². The number of nitrogens with two attached hydrogens (primary N) is 1. The van der Waals surface area contributed by atoms with E-state index in [1.54, 1.807) is 17.8 Å². The quantitative estimate of drug-likeness (QED) is 0.479. The van der Waals surface area contributed by atoms with Gasteiger partial charge in [0.05, 0.1) is 0 Å². The van der Waals surface area contributed by atoms with Gasteiger partial charge in [-0.3, -0.25) is 0 Å². The van der Waals surface area contributed by atoms with E-state index in [-0.39, 0.29) is 5.75 Å². The molecule has 54 valence electrons. The Morgan fingerprint density at radius 2 is 2.10 bits per heavy atom. The zero-order chi connectivity index (χ0) is 7.56. The van der Waals surface area contributed by atoms with Gasteiger partial charge < -0.3 is 10.8 Å². The van der Waals surface area contributed by atoms with E-state index in [4.69, 9.17) is 10.8 Å². The van der Waals surface area contributed by atoms with E-state index in [2.05, 4.69) is 0 Å². The molecule has 0 amide bonds. The second kappa shape index (κ2) is 2.84. The van der Waals surface area contributed by atoms with Gasteiger partial charge in [-0.15, -0.1) is 11.8 Å². The summed E-state index contributed by atoms with van der Waals surface area (Å²) in [4.78, 5) is 0.984. The fraction of sp³-hybridized carbons (Fsp3) is 0.143. The molecular formula is C7H9NOS. The third-order valence-electron chi connectivity index (χ3n) is 1.15. The highest BCUT2D eigenvalue weighted by Gasteiger charge is 1.94. The minimum Gasteiger partial charge on any atom is -0.508 e. The number of thioether (sulfide) groups is 1. The first-order valence-corrected chi connectivity index (χ1v) is 4.08. The summed E-state index contributed by atoms with van der Waals surface area (Å²) in [6.07, 6.45) is 1.94. The number of phenols is 1. The zero-order valence-corrected chi connectivity index (χ0v) is 6.48. The van der Waals surface area contributed by atoms with Crippen molar-refractivity contribution in [3.8, 4) is 5.75 Å². The number of anilines is 1. The highest BCUT2D eigenvalue weighted by atomic mass is 32.2. The van der Waals surface area contributed by atoms with Crippen LogP contribution in [-0.2, 0) is 0 Å². The molecule has 0 spiro atoms. The number of hydrogen-bond acceptors (Lipinski definition) is 3. The summed E-state index contributed by atoms with van der Waals surface area (Å²) < 4.78 is 0. The summed E-state index contributed by atoms with van der Waals surface area (Å²) in [6.45, 7) is 0. The Morgan fingerprint density at radius 3 is 2.60 bits per heavy atom.